The third-order valence-electron chi connectivity index (χ3n) is 15.1. The number of nitrogen functional groups attached to an aromatic ring is 1. The van der Waals surface area contributed by atoms with Gasteiger partial charge in [0, 0.05) is 6.42 Å². The first-order valence-electron chi connectivity index (χ1n) is 21.3. The number of anilines is 1. The van der Waals surface area contributed by atoms with Gasteiger partial charge in [0.15, 0.2) is 11.5 Å². The van der Waals surface area contributed by atoms with Gasteiger partial charge < -0.3 is 15.0 Å². The van der Waals surface area contributed by atoms with Crippen molar-refractivity contribution >= 4 is 24.8 Å². The Morgan fingerprint density at radius 3 is 2.58 bits per heavy atom. The van der Waals surface area contributed by atoms with E-state index in [1.165, 1.54) is 56.8 Å². The van der Waals surface area contributed by atoms with Gasteiger partial charge in [-0.05, 0) is 124 Å². The van der Waals surface area contributed by atoms with Crippen LogP contribution in [0.3, 0.4) is 0 Å². The Bertz CT molecular complexity index is 1920. The highest BCUT2D eigenvalue weighted by Crippen LogP contribution is 2.68. The number of aryl methyl sites for hydroxylation is 1. The van der Waals surface area contributed by atoms with Crippen LogP contribution in [0.15, 0.2) is 48.6 Å². The summed E-state index contributed by atoms with van der Waals surface area (Å²) in [7, 11) is -4.10. The number of nitrogens with zero attached hydrogens (tertiary/aromatic N) is 4. The van der Waals surface area contributed by atoms with Gasteiger partial charge in [-0.25, -0.2) is 19.5 Å². The molecule has 0 spiro atoms. The summed E-state index contributed by atoms with van der Waals surface area (Å²) in [6, 6.07) is 7.54. The lowest BCUT2D eigenvalue weighted by molar-refractivity contribution is -0.0581. The molecule has 10 nitrogen and oxygen atoms in total. The minimum Gasteiger partial charge on any atom is -0.404 e. The molecule has 8 rings (SSSR count). The standard InChI is InChI=1S/C44H64N5O5P/c1-27(2)9-8-10-29(4)35-17-18-36-34-16-13-31-23-33(19-21-43(31,6)37(34)20-22-44(35,36)7)53-55(50,52-32-14-11-28(3)12-15-32)54-38-24-39(51-30(38)5)49-26-48-40-41(45)46-25-47-42(40)49/h11-15,25-27,29-30,33-39H,8-10,16-24H2,1-7H3,(H2,45,46,47)/t29?,30-,33+,34?,35?,36?,37?,38?,39-,43+,44-,55?/m1/s1. The molecule has 300 valence electrons. The number of rotatable bonds is 12. The maximum Gasteiger partial charge on any atom is 0.530 e. The average molecular weight is 774 g/mol. The van der Waals surface area contributed by atoms with Gasteiger partial charge in [0.25, 0.3) is 0 Å². The molecule has 11 heteroatoms. The predicted molar refractivity (Wildman–Crippen MR) is 216 cm³/mol. The minimum absolute atomic E-state index is 0.148. The normalized spacial score (nSPS) is 36.2. The van der Waals surface area contributed by atoms with Crippen molar-refractivity contribution in [3.8, 4) is 5.75 Å². The van der Waals surface area contributed by atoms with Crippen molar-refractivity contribution in [1.82, 2.24) is 19.5 Å². The molecule has 4 aliphatic carbocycles. The second-order valence-electron chi connectivity index (χ2n) is 18.9. The highest BCUT2D eigenvalue weighted by Gasteiger charge is 2.59. The highest BCUT2D eigenvalue weighted by molar-refractivity contribution is 7.49. The second-order valence-corrected chi connectivity index (χ2v) is 20.4. The van der Waals surface area contributed by atoms with Crippen molar-refractivity contribution in [2.45, 2.75) is 150 Å². The van der Waals surface area contributed by atoms with Crippen LogP contribution in [0.25, 0.3) is 11.2 Å². The fraction of sp³-hybridized carbons (Fsp3) is 0.705. The number of hydrogen-bond donors (Lipinski definition) is 1. The number of phosphoric acid groups is 1. The van der Waals surface area contributed by atoms with Crippen LogP contribution in [-0.4, -0.2) is 37.8 Å². The van der Waals surface area contributed by atoms with Crippen molar-refractivity contribution in [2.75, 3.05) is 5.73 Å². The number of fused-ring (bicyclic) bond motifs is 6. The van der Waals surface area contributed by atoms with E-state index in [0.29, 0.717) is 40.5 Å². The van der Waals surface area contributed by atoms with E-state index < -0.39 is 20.2 Å². The van der Waals surface area contributed by atoms with Gasteiger partial charge in [-0.3, -0.25) is 13.6 Å². The Kier molecular flexibility index (Phi) is 10.8. The molecule has 3 saturated carbocycles. The SMILES string of the molecule is Cc1ccc(OP(=O)(OC2C[C@H](n3cnc4c(N)ncnc43)O[C@@H]2C)O[C@H]2CC[C@@]3(C)C(=CCC4C5CCC(C(C)CCCC(C)C)[C@@]5(C)CCC43)C2)cc1. The van der Waals surface area contributed by atoms with Gasteiger partial charge in [-0.1, -0.05) is 83.2 Å². The van der Waals surface area contributed by atoms with Gasteiger partial charge in [0.05, 0.1) is 18.5 Å². The molecule has 1 saturated heterocycles. The molecule has 2 N–H and O–H groups in total. The van der Waals surface area contributed by atoms with Crippen molar-refractivity contribution in [1.29, 1.82) is 0 Å². The molecular formula is C44H64N5O5P. The first kappa shape index (κ1) is 39.1. The van der Waals surface area contributed by atoms with Crippen LogP contribution in [0.2, 0.25) is 0 Å². The van der Waals surface area contributed by atoms with E-state index in [1.54, 1.807) is 6.33 Å². The number of hydrogen-bond acceptors (Lipinski definition) is 9. The molecule has 2 aromatic heterocycles. The van der Waals surface area contributed by atoms with E-state index in [-0.39, 0.29) is 17.6 Å². The Balaban J connectivity index is 0.972. The molecule has 3 aromatic rings. The number of nitrogens with two attached hydrogens (primary N) is 1. The van der Waals surface area contributed by atoms with Crippen LogP contribution in [0.4, 0.5) is 5.82 Å². The molecule has 1 aliphatic heterocycles. The van der Waals surface area contributed by atoms with Gasteiger partial charge in [-0.2, -0.15) is 0 Å². The first-order valence-corrected chi connectivity index (χ1v) is 22.7. The van der Waals surface area contributed by atoms with Crippen LogP contribution in [0.5, 0.6) is 5.75 Å². The summed E-state index contributed by atoms with van der Waals surface area (Å²) in [6.45, 7) is 16.4. The first-order chi connectivity index (χ1) is 26.3. The molecule has 0 bridgehead atoms. The van der Waals surface area contributed by atoms with Crippen molar-refractivity contribution in [3.05, 3.63) is 54.1 Å². The van der Waals surface area contributed by atoms with Crippen LogP contribution in [0, 0.1) is 53.3 Å². The summed E-state index contributed by atoms with van der Waals surface area (Å²) in [5.74, 6) is 5.49. The number of aromatic nitrogens is 4. The maximum absolute atomic E-state index is 14.9. The molecule has 3 heterocycles. The lowest BCUT2D eigenvalue weighted by atomic mass is 9.47. The van der Waals surface area contributed by atoms with E-state index in [9.17, 15) is 4.57 Å². The summed E-state index contributed by atoms with van der Waals surface area (Å²) in [4.78, 5) is 12.9. The fourth-order valence-corrected chi connectivity index (χ4v) is 13.7. The fourth-order valence-electron chi connectivity index (χ4n) is 12.1. The van der Waals surface area contributed by atoms with E-state index in [4.69, 9.17) is 24.0 Å². The third-order valence-corrected chi connectivity index (χ3v) is 16.6. The molecule has 55 heavy (non-hydrogen) atoms. The van der Waals surface area contributed by atoms with Gasteiger partial charge in [-0.15, -0.1) is 0 Å². The smallest absolute Gasteiger partial charge is 0.404 e. The summed E-state index contributed by atoms with van der Waals surface area (Å²) in [6.07, 6.45) is 17.7. The molecule has 7 unspecified atom stereocenters. The average Bonchev–Trinajstić information content (AvgIpc) is 3.84. The third kappa shape index (κ3) is 7.43. The Hall–Kier alpha value is -2.78. The molecule has 0 radical (unpaired) electrons. The lowest BCUT2D eigenvalue weighted by Gasteiger charge is -2.58. The van der Waals surface area contributed by atoms with E-state index in [0.717, 1.165) is 60.8 Å². The summed E-state index contributed by atoms with van der Waals surface area (Å²) >= 11 is 0. The van der Waals surface area contributed by atoms with Crippen molar-refractivity contribution in [2.24, 2.45) is 46.3 Å². The Morgan fingerprint density at radius 1 is 1.00 bits per heavy atom. The zero-order valence-corrected chi connectivity index (χ0v) is 35.0. The molecule has 5 aliphatic rings. The molecular weight excluding hydrogens is 709 g/mol. The number of allylic oxidation sites excluding steroid dienone is 1. The van der Waals surface area contributed by atoms with Crippen LogP contribution >= 0.6 is 7.82 Å². The van der Waals surface area contributed by atoms with Crippen LogP contribution in [0.1, 0.15) is 130 Å². The van der Waals surface area contributed by atoms with Crippen molar-refractivity contribution in [3.63, 3.8) is 0 Å². The summed E-state index contributed by atoms with van der Waals surface area (Å²) in [5.41, 5.74) is 10.3. The lowest BCUT2D eigenvalue weighted by Crippen LogP contribution is -2.51. The van der Waals surface area contributed by atoms with Gasteiger partial charge in [0.2, 0.25) is 0 Å². The largest absolute Gasteiger partial charge is 0.530 e. The van der Waals surface area contributed by atoms with Crippen LogP contribution < -0.4 is 10.3 Å². The molecule has 12 atom stereocenters. The summed E-state index contributed by atoms with van der Waals surface area (Å²) in [5, 5.41) is 0. The number of benzene rings is 1. The van der Waals surface area contributed by atoms with E-state index in [1.807, 2.05) is 42.7 Å². The van der Waals surface area contributed by atoms with Crippen LogP contribution in [-0.2, 0) is 18.3 Å². The highest BCUT2D eigenvalue weighted by atomic mass is 31.2. The zero-order valence-electron chi connectivity index (χ0n) is 34.2. The number of phosphoric ester groups is 1. The summed E-state index contributed by atoms with van der Waals surface area (Å²) < 4.78 is 42.4. The Labute approximate surface area is 328 Å². The Morgan fingerprint density at radius 2 is 1.80 bits per heavy atom. The van der Waals surface area contributed by atoms with Gasteiger partial charge >= 0.3 is 7.82 Å². The van der Waals surface area contributed by atoms with E-state index in [2.05, 4.69) is 55.6 Å². The molecule has 1 aromatic carbocycles. The maximum atomic E-state index is 14.9. The van der Waals surface area contributed by atoms with E-state index >= 15 is 0 Å². The number of ether oxygens (including phenoxy) is 1. The molecule has 0 amide bonds. The second kappa shape index (κ2) is 15.2. The quantitative estimate of drug-likeness (QED) is 0.141. The predicted octanol–water partition coefficient (Wildman–Crippen LogP) is 11.0. The number of imidazole rings is 1. The van der Waals surface area contributed by atoms with Crippen molar-refractivity contribution < 1.29 is 22.9 Å². The minimum atomic E-state index is -4.10. The monoisotopic (exact) mass is 773 g/mol. The zero-order chi connectivity index (χ0) is 38.7. The topological polar surface area (TPSA) is 124 Å². The molecule has 4 fully saturated rings. The van der Waals surface area contributed by atoms with Gasteiger partial charge in [0.1, 0.15) is 29.9 Å².